The van der Waals surface area contributed by atoms with Gasteiger partial charge in [-0.25, -0.2) is 8.42 Å². The predicted molar refractivity (Wildman–Crippen MR) is 84.2 cm³/mol. The molecule has 2 aromatic carbocycles. The van der Waals surface area contributed by atoms with Crippen molar-refractivity contribution in [1.82, 2.24) is 4.31 Å². The van der Waals surface area contributed by atoms with Gasteiger partial charge in [0.15, 0.2) is 0 Å². The molecule has 0 unspecified atom stereocenters. The van der Waals surface area contributed by atoms with Gasteiger partial charge in [0.1, 0.15) is 0 Å². The third-order valence-electron chi connectivity index (χ3n) is 2.88. The minimum Gasteiger partial charge on any atom is -0.207 e. The van der Waals surface area contributed by atoms with Crippen molar-refractivity contribution < 1.29 is 8.42 Å². The molecule has 2 aromatic rings. The van der Waals surface area contributed by atoms with Gasteiger partial charge in [0.2, 0.25) is 10.0 Å². The van der Waals surface area contributed by atoms with E-state index in [0.29, 0.717) is 9.50 Å². The second kappa shape index (κ2) is 6.26. The molecule has 6 heteroatoms. The minimum atomic E-state index is -3.56. The zero-order valence-corrected chi connectivity index (χ0v) is 13.9. The molecule has 2 rings (SSSR count). The highest BCUT2D eigenvalue weighted by molar-refractivity contribution is 9.10. The highest BCUT2D eigenvalue weighted by atomic mass is 79.9. The maximum absolute atomic E-state index is 12.5. The molecule has 0 amide bonds. The molecule has 0 spiro atoms. The SMILES string of the molecule is CN(Cc1ccccc1Cl)S(=O)(=O)c1ccccc1Br. The summed E-state index contributed by atoms with van der Waals surface area (Å²) in [5.74, 6) is 0. The monoisotopic (exact) mass is 373 g/mol. The first-order valence-electron chi connectivity index (χ1n) is 5.87. The zero-order valence-electron chi connectivity index (χ0n) is 10.8. The van der Waals surface area contributed by atoms with Gasteiger partial charge < -0.3 is 0 Å². The van der Waals surface area contributed by atoms with Gasteiger partial charge >= 0.3 is 0 Å². The molecule has 20 heavy (non-hydrogen) atoms. The number of nitrogens with zero attached hydrogens (tertiary/aromatic N) is 1. The van der Waals surface area contributed by atoms with Crippen molar-refractivity contribution in [2.75, 3.05) is 7.05 Å². The highest BCUT2D eigenvalue weighted by Crippen LogP contribution is 2.26. The summed E-state index contributed by atoms with van der Waals surface area (Å²) < 4.78 is 26.9. The number of hydrogen-bond acceptors (Lipinski definition) is 2. The lowest BCUT2D eigenvalue weighted by Gasteiger charge is -2.18. The normalized spacial score (nSPS) is 11.8. The summed E-state index contributed by atoms with van der Waals surface area (Å²) in [5.41, 5.74) is 0.771. The van der Waals surface area contributed by atoms with Gasteiger partial charge in [-0.2, -0.15) is 4.31 Å². The Labute approximate surface area is 132 Å². The van der Waals surface area contributed by atoms with Gasteiger partial charge in [0.25, 0.3) is 0 Å². The number of halogens is 2. The Hall–Kier alpha value is -0.880. The van der Waals surface area contributed by atoms with E-state index in [2.05, 4.69) is 15.9 Å². The molecule has 3 nitrogen and oxygen atoms in total. The predicted octanol–water partition coefficient (Wildman–Crippen LogP) is 3.92. The molecule has 0 heterocycles. The molecule has 0 aliphatic heterocycles. The lowest BCUT2D eigenvalue weighted by atomic mass is 10.2. The first-order chi connectivity index (χ1) is 9.43. The first-order valence-corrected chi connectivity index (χ1v) is 8.48. The second-order valence-corrected chi connectivity index (χ2v) is 7.56. The lowest BCUT2D eigenvalue weighted by molar-refractivity contribution is 0.466. The smallest absolute Gasteiger partial charge is 0.207 e. The Kier molecular flexibility index (Phi) is 4.86. The Morgan fingerprint density at radius 1 is 1.10 bits per heavy atom. The molecule has 106 valence electrons. The Morgan fingerprint density at radius 3 is 2.35 bits per heavy atom. The van der Waals surface area contributed by atoms with E-state index in [0.717, 1.165) is 5.56 Å². The first kappa shape index (κ1) is 15.5. The summed E-state index contributed by atoms with van der Waals surface area (Å²) in [4.78, 5) is 0.245. The van der Waals surface area contributed by atoms with Crippen LogP contribution in [0.25, 0.3) is 0 Å². The maximum atomic E-state index is 12.5. The average Bonchev–Trinajstić information content (AvgIpc) is 2.41. The molecule has 0 fully saturated rings. The molecule has 0 bridgehead atoms. The topological polar surface area (TPSA) is 37.4 Å². The third-order valence-corrected chi connectivity index (χ3v) is 6.06. The Morgan fingerprint density at radius 2 is 1.70 bits per heavy atom. The van der Waals surface area contributed by atoms with Gasteiger partial charge in [-0.3, -0.25) is 0 Å². The van der Waals surface area contributed by atoms with E-state index < -0.39 is 10.0 Å². The number of hydrogen-bond donors (Lipinski definition) is 0. The summed E-state index contributed by atoms with van der Waals surface area (Å²) in [7, 11) is -2.02. The molecule has 0 radical (unpaired) electrons. The van der Waals surface area contributed by atoms with E-state index in [1.54, 1.807) is 30.3 Å². The lowest BCUT2D eigenvalue weighted by Crippen LogP contribution is -2.26. The second-order valence-electron chi connectivity index (χ2n) is 4.28. The summed E-state index contributed by atoms with van der Waals surface area (Å²) in [6.45, 7) is 0.226. The molecule has 0 atom stereocenters. The molecular formula is C14H13BrClNO2S. The average molecular weight is 375 g/mol. The van der Waals surface area contributed by atoms with Crippen LogP contribution in [0.2, 0.25) is 5.02 Å². The van der Waals surface area contributed by atoms with Crippen molar-refractivity contribution in [2.45, 2.75) is 11.4 Å². The summed E-state index contributed by atoms with van der Waals surface area (Å²) in [5, 5.41) is 0.557. The van der Waals surface area contributed by atoms with Crippen LogP contribution >= 0.6 is 27.5 Å². The number of sulfonamides is 1. The van der Waals surface area contributed by atoms with Crippen LogP contribution < -0.4 is 0 Å². The van der Waals surface area contributed by atoms with Crippen molar-refractivity contribution in [1.29, 1.82) is 0 Å². The maximum Gasteiger partial charge on any atom is 0.244 e. The van der Waals surface area contributed by atoms with Gasteiger partial charge in [-0.1, -0.05) is 41.9 Å². The molecule has 0 aliphatic rings. The van der Waals surface area contributed by atoms with E-state index in [-0.39, 0.29) is 11.4 Å². The fourth-order valence-electron chi connectivity index (χ4n) is 1.77. The van der Waals surface area contributed by atoms with Crippen molar-refractivity contribution in [3.63, 3.8) is 0 Å². The Balaban J connectivity index is 2.31. The van der Waals surface area contributed by atoms with Crippen LogP contribution in [0.3, 0.4) is 0 Å². The fourth-order valence-corrected chi connectivity index (χ4v) is 4.08. The summed E-state index contributed by atoms with van der Waals surface area (Å²) >= 11 is 9.33. The van der Waals surface area contributed by atoms with E-state index in [9.17, 15) is 8.42 Å². The summed E-state index contributed by atoms with van der Waals surface area (Å²) in [6, 6.07) is 14.0. The Bertz CT molecular complexity index is 719. The molecule has 0 saturated heterocycles. The molecule has 0 saturated carbocycles. The van der Waals surface area contributed by atoms with Crippen molar-refractivity contribution in [2.24, 2.45) is 0 Å². The zero-order chi connectivity index (χ0) is 14.8. The molecular weight excluding hydrogens is 362 g/mol. The van der Waals surface area contributed by atoms with E-state index in [1.165, 1.54) is 11.4 Å². The van der Waals surface area contributed by atoms with Crippen LogP contribution in [-0.4, -0.2) is 19.8 Å². The van der Waals surface area contributed by atoms with Gasteiger partial charge in [0.05, 0.1) is 4.90 Å². The van der Waals surface area contributed by atoms with Crippen LogP contribution in [-0.2, 0) is 16.6 Å². The van der Waals surface area contributed by atoms with Crippen LogP contribution in [0.1, 0.15) is 5.56 Å². The van der Waals surface area contributed by atoms with Gasteiger partial charge in [-0.05, 0) is 39.7 Å². The number of rotatable bonds is 4. The summed E-state index contributed by atoms with van der Waals surface area (Å²) in [6.07, 6.45) is 0. The van der Waals surface area contributed by atoms with Crippen molar-refractivity contribution >= 4 is 37.6 Å². The standard InChI is InChI=1S/C14H13BrClNO2S/c1-17(10-11-6-2-4-8-13(11)16)20(18,19)14-9-5-3-7-12(14)15/h2-9H,10H2,1H3. The molecule has 0 N–H and O–H groups in total. The van der Waals surface area contributed by atoms with Crippen molar-refractivity contribution in [3.05, 3.63) is 63.6 Å². The number of benzene rings is 2. The molecule has 0 aromatic heterocycles. The molecule has 0 aliphatic carbocycles. The fraction of sp³-hybridized carbons (Fsp3) is 0.143. The largest absolute Gasteiger partial charge is 0.244 e. The highest BCUT2D eigenvalue weighted by Gasteiger charge is 2.23. The quantitative estimate of drug-likeness (QED) is 0.813. The van der Waals surface area contributed by atoms with E-state index in [1.807, 2.05) is 18.2 Å². The van der Waals surface area contributed by atoms with Gasteiger partial charge in [0, 0.05) is 23.1 Å². The van der Waals surface area contributed by atoms with Crippen molar-refractivity contribution in [3.8, 4) is 0 Å². The van der Waals surface area contributed by atoms with Crippen LogP contribution in [0.5, 0.6) is 0 Å². The van der Waals surface area contributed by atoms with Crippen LogP contribution in [0.15, 0.2) is 57.9 Å². The van der Waals surface area contributed by atoms with Crippen LogP contribution in [0.4, 0.5) is 0 Å². The van der Waals surface area contributed by atoms with E-state index >= 15 is 0 Å². The minimum absolute atomic E-state index is 0.226. The van der Waals surface area contributed by atoms with Crippen LogP contribution in [0, 0.1) is 0 Å². The third kappa shape index (κ3) is 3.23. The van der Waals surface area contributed by atoms with Gasteiger partial charge in [-0.15, -0.1) is 0 Å². The van der Waals surface area contributed by atoms with E-state index in [4.69, 9.17) is 11.6 Å².